The Morgan fingerprint density at radius 2 is 1.97 bits per heavy atom. The lowest BCUT2D eigenvalue weighted by Crippen LogP contribution is -2.30. The lowest BCUT2D eigenvalue weighted by Gasteiger charge is -2.29. The van der Waals surface area contributed by atoms with Gasteiger partial charge in [-0.3, -0.25) is 9.78 Å². The van der Waals surface area contributed by atoms with Crippen molar-refractivity contribution in [2.75, 3.05) is 23.9 Å². The van der Waals surface area contributed by atoms with E-state index in [0.717, 1.165) is 22.6 Å². The van der Waals surface area contributed by atoms with E-state index in [9.17, 15) is 9.18 Å². The molecule has 7 nitrogen and oxygen atoms in total. The number of pyridine rings is 1. The molecule has 0 radical (unpaired) electrons. The topological polar surface area (TPSA) is 71.4 Å². The SMILES string of the molecule is COCC(=O)Nc1ccc(N2C(=S)N[C@@H](c3ccccn3)[C@@H]2c2cccn2-c2cccc(F)c2)cc1C. The van der Waals surface area contributed by atoms with Gasteiger partial charge in [0.15, 0.2) is 5.11 Å². The van der Waals surface area contributed by atoms with E-state index in [1.165, 1.54) is 19.2 Å². The number of amides is 1. The molecule has 2 atom stereocenters. The summed E-state index contributed by atoms with van der Waals surface area (Å²) in [5.74, 6) is -0.533. The number of aryl methyl sites for hydroxylation is 1. The van der Waals surface area contributed by atoms with E-state index >= 15 is 0 Å². The molecule has 0 spiro atoms. The lowest BCUT2D eigenvalue weighted by atomic mass is 10.00. The summed E-state index contributed by atoms with van der Waals surface area (Å²) >= 11 is 5.84. The number of nitrogens with zero attached hydrogens (tertiary/aromatic N) is 3. The van der Waals surface area contributed by atoms with Gasteiger partial charge in [-0.25, -0.2) is 4.39 Å². The molecule has 1 fully saturated rings. The van der Waals surface area contributed by atoms with Crippen molar-refractivity contribution in [3.05, 3.63) is 108 Å². The molecule has 2 aromatic heterocycles. The maximum Gasteiger partial charge on any atom is 0.250 e. The van der Waals surface area contributed by atoms with E-state index in [4.69, 9.17) is 17.0 Å². The Bertz CT molecular complexity index is 1440. The highest BCUT2D eigenvalue weighted by atomic mass is 32.1. The number of rotatable bonds is 7. The van der Waals surface area contributed by atoms with Crippen LogP contribution in [0.25, 0.3) is 5.69 Å². The highest BCUT2D eigenvalue weighted by Crippen LogP contribution is 2.42. The minimum absolute atomic E-state index is 0.0216. The molecule has 1 aliphatic heterocycles. The second-order valence-electron chi connectivity index (χ2n) is 8.76. The number of thiocarbonyl (C=S) groups is 1. The number of anilines is 2. The molecule has 9 heteroatoms. The minimum Gasteiger partial charge on any atom is -0.375 e. The first-order valence-corrected chi connectivity index (χ1v) is 12.2. The van der Waals surface area contributed by atoms with E-state index in [0.29, 0.717) is 16.5 Å². The van der Waals surface area contributed by atoms with Gasteiger partial charge in [0.2, 0.25) is 5.91 Å². The number of hydrogen-bond acceptors (Lipinski definition) is 4. The summed E-state index contributed by atoms with van der Waals surface area (Å²) in [6, 6.07) is 21.5. The number of hydrogen-bond donors (Lipinski definition) is 2. The van der Waals surface area contributed by atoms with Crippen LogP contribution in [-0.2, 0) is 9.53 Å². The van der Waals surface area contributed by atoms with Crippen LogP contribution in [0.5, 0.6) is 0 Å². The van der Waals surface area contributed by atoms with Gasteiger partial charge < -0.3 is 24.8 Å². The van der Waals surface area contributed by atoms with Gasteiger partial charge in [-0.15, -0.1) is 0 Å². The summed E-state index contributed by atoms with van der Waals surface area (Å²) in [6.07, 6.45) is 3.67. The van der Waals surface area contributed by atoms with E-state index in [2.05, 4.69) is 15.6 Å². The first-order chi connectivity index (χ1) is 18.0. The first kappa shape index (κ1) is 24.6. The smallest absolute Gasteiger partial charge is 0.250 e. The molecule has 1 amide bonds. The molecule has 5 rings (SSSR count). The molecule has 1 saturated heterocycles. The standard InChI is InChI=1S/C28H26FN5O2S/c1-18-15-21(11-12-22(18)31-25(35)17-36-2)34-27(26(32-28(34)37)23-9-3-4-13-30-23)24-10-6-14-33(24)20-8-5-7-19(29)16-20/h3-16,26-27H,17H2,1-2H3,(H,31,35)(H,32,37)/t26-,27-/m0/s1. The van der Waals surface area contributed by atoms with Crippen molar-refractivity contribution < 1.29 is 13.9 Å². The third kappa shape index (κ3) is 4.96. The maximum absolute atomic E-state index is 14.1. The normalized spacial score (nSPS) is 17.1. The number of ether oxygens (including phenoxy) is 1. The molecule has 0 aliphatic carbocycles. The Balaban J connectivity index is 1.59. The molecular weight excluding hydrogens is 489 g/mol. The van der Waals surface area contributed by atoms with Crippen molar-refractivity contribution >= 4 is 34.6 Å². The fourth-order valence-corrected chi connectivity index (χ4v) is 5.03. The van der Waals surface area contributed by atoms with Crippen LogP contribution in [0.4, 0.5) is 15.8 Å². The summed E-state index contributed by atoms with van der Waals surface area (Å²) in [4.78, 5) is 18.7. The van der Waals surface area contributed by atoms with Crippen molar-refractivity contribution in [3.8, 4) is 5.69 Å². The van der Waals surface area contributed by atoms with Gasteiger partial charge in [-0.2, -0.15) is 0 Å². The Labute approximate surface area is 219 Å². The third-order valence-corrected chi connectivity index (χ3v) is 6.62. The second-order valence-corrected chi connectivity index (χ2v) is 9.15. The summed E-state index contributed by atoms with van der Waals surface area (Å²) in [6.45, 7) is 1.91. The Morgan fingerprint density at radius 3 is 2.70 bits per heavy atom. The third-order valence-electron chi connectivity index (χ3n) is 6.31. The van der Waals surface area contributed by atoms with Crippen molar-refractivity contribution in [1.29, 1.82) is 0 Å². The monoisotopic (exact) mass is 515 g/mol. The number of halogens is 1. The molecule has 1 aliphatic rings. The fraction of sp³-hybridized carbons (Fsp3) is 0.179. The fourth-order valence-electron chi connectivity index (χ4n) is 4.68. The number of carbonyl (C=O) groups excluding carboxylic acids is 1. The number of methoxy groups -OCH3 is 1. The largest absolute Gasteiger partial charge is 0.375 e. The Hall–Kier alpha value is -4.08. The number of benzene rings is 2. The molecule has 3 heterocycles. The van der Waals surface area contributed by atoms with Gasteiger partial charge in [0.05, 0.1) is 11.7 Å². The molecule has 4 aromatic rings. The van der Waals surface area contributed by atoms with Gasteiger partial charge in [-0.05, 0) is 85.4 Å². The zero-order chi connectivity index (χ0) is 25.9. The summed E-state index contributed by atoms with van der Waals surface area (Å²) in [7, 11) is 1.48. The molecule has 2 N–H and O–H groups in total. The highest BCUT2D eigenvalue weighted by molar-refractivity contribution is 7.80. The average molecular weight is 516 g/mol. The predicted molar refractivity (Wildman–Crippen MR) is 145 cm³/mol. The van der Waals surface area contributed by atoms with E-state index in [1.807, 2.05) is 77.2 Å². The van der Waals surface area contributed by atoms with Crippen molar-refractivity contribution in [1.82, 2.24) is 14.9 Å². The van der Waals surface area contributed by atoms with Crippen molar-refractivity contribution in [2.45, 2.75) is 19.0 Å². The van der Waals surface area contributed by atoms with Gasteiger partial charge in [0.1, 0.15) is 18.5 Å². The number of nitrogens with one attached hydrogen (secondary N) is 2. The zero-order valence-electron chi connectivity index (χ0n) is 20.4. The summed E-state index contributed by atoms with van der Waals surface area (Å²) < 4.78 is 21.0. The van der Waals surface area contributed by atoms with E-state index in [-0.39, 0.29) is 30.4 Å². The Morgan fingerprint density at radius 1 is 1.11 bits per heavy atom. The van der Waals surface area contributed by atoms with Crippen LogP contribution in [0.15, 0.2) is 85.2 Å². The van der Waals surface area contributed by atoms with Crippen LogP contribution in [0.2, 0.25) is 0 Å². The predicted octanol–water partition coefficient (Wildman–Crippen LogP) is 5.08. The zero-order valence-corrected chi connectivity index (χ0v) is 21.2. The van der Waals surface area contributed by atoms with E-state index in [1.54, 1.807) is 12.3 Å². The van der Waals surface area contributed by atoms with Crippen LogP contribution in [0.3, 0.4) is 0 Å². The second kappa shape index (κ2) is 10.5. The molecule has 0 unspecified atom stereocenters. The minimum atomic E-state index is -0.308. The number of carbonyl (C=O) groups is 1. The molecule has 188 valence electrons. The quantitative estimate of drug-likeness (QED) is 0.335. The molecular formula is C28H26FN5O2S. The van der Waals surface area contributed by atoms with Gasteiger partial charge in [0, 0.05) is 42.3 Å². The maximum atomic E-state index is 14.1. The van der Waals surface area contributed by atoms with Gasteiger partial charge in [0.25, 0.3) is 0 Å². The molecule has 2 aromatic carbocycles. The average Bonchev–Trinajstić information content (AvgIpc) is 3.50. The van der Waals surface area contributed by atoms with Crippen LogP contribution in [0.1, 0.15) is 29.0 Å². The van der Waals surface area contributed by atoms with Crippen LogP contribution in [-0.4, -0.2) is 34.3 Å². The van der Waals surface area contributed by atoms with Crippen molar-refractivity contribution in [2.24, 2.45) is 0 Å². The lowest BCUT2D eigenvalue weighted by molar-refractivity contribution is -0.119. The van der Waals surface area contributed by atoms with Crippen LogP contribution >= 0.6 is 12.2 Å². The highest BCUT2D eigenvalue weighted by Gasteiger charge is 2.42. The van der Waals surface area contributed by atoms with Crippen LogP contribution < -0.4 is 15.5 Å². The summed E-state index contributed by atoms with van der Waals surface area (Å²) in [5.41, 5.74) is 4.91. The molecule has 0 bridgehead atoms. The first-order valence-electron chi connectivity index (χ1n) is 11.8. The number of aromatic nitrogens is 2. The molecule has 37 heavy (non-hydrogen) atoms. The summed E-state index contributed by atoms with van der Waals surface area (Å²) in [5, 5.41) is 6.86. The van der Waals surface area contributed by atoms with Crippen molar-refractivity contribution in [3.63, 3.8) is 0 Å². The Kier molecular flexibility index (Phi) is 6.98. The van der Waals surface area contributed by atoms with E-state index < -0.39 is 0 Å². The molecule has 0 saturated carbocycles. The van der Waals surface area contributed by atoms with Crippen LogP contribution in [0, 0.1) is 12.7 Å². The van der Waals surface area contributed by atoms with Gasteiger partial charge in [-0.1, -0.05) is 12.1 Å². The van der Waals surface area contributed by atoms with Gasteiger partial charge >= 0.3 is 0 Å².